The highest BCUT2D eigenvalue weighted by Gasteiger charge is 2.35. The number of nitrogens with one attached hydrogen (secondary N) is 1. The molecule has 10 heteroatoms. The molecule has 1 saturated carbocycles. The number of hydrogen-bond acceptors (Lipinski definition) is 5. The van der Waals surface area contributed by atoms with Gasteiger partial charge in [0.15, 0.2) is 0 Å². The second kappa shape index (κ2) is 15.5. The van der Waals surface area contributed by atoms with Crippen LogP contribution in [0.1, 0.15) is 42.4 Å². The predicted octanol–water partition coefficient (Wildman–Crippen LogP) is 6.55. The Bertz CT molecular complexity index is 1780. The third kappa shape index (κ3) is 8.73. The fourth-order valence-corrected chi connectivity index (χ4v) is 7.48. The Morgan fingerprint density at radius 2 is 1.57 bits per heavy atom. The molecule has 8 nitrogen and oxygen atoms in total. The Hall–Kier alpha value is -4.34. The van der Waals surface area contributed by atoms with Gasteiger partial charge < -0.3 is 15.0 Å². The number of nitrogens with zero attached hydrogens (tertiary/aromatic N) is 2. The fraction of sp³-hybridized carbons (Fsp3) is 0.297. The Morgan fingerprint density at radius 1 is 0.894 bits per heavy atom. The summed E-state index contributed by atoms with van der Waals surface area (Å²) in [6, 6.07) is 28.8. The summed E-state index contributed by atoms with van der Waals surface area (Å²) >= 11 is 6.32. The Kier molecular flexibility index (Phi) is 11.2. The van der Waals surface area contributed by atoms with E-state index >= 15 is 0 Å². The lowest BCUT2D eigenvalue weighted by molar-refractivity contribution is -0.140. The van der Waals surface area contributed by atoms with Gasteiger partial charge in [0.1, 0.15) is 18.3 Å². The third-order valence-corrected chi connectivity index (χ3v) is 10.5. The zero-order valence-corrected chi connectivity index (χ0v) is 28.2. The van der Waals surface area contributed by atoms with Crippen molar-refractivity contribution < 1.29 is 22.7 Å². The summed E-state index contributed by atoms with van der Waals surface area (Å²) in [4.78, 5) is 30.3. The average Bonchev–Trinajstić information content (AvgIpc) is 3.59. The summed E-state index contributed by atoms with van der Waals surface area (Å²) in [5, 5.41) is 3.51. The molecule has 1 unspecified atom stereocenters. The molecule has 246 valence electrons. The maximum Gasteiger partial charge on any atom is 0.264 e. The van der Waals surface area contributed by atoms with Crippen LogP contribution >= 0.6 is 11.6 Å². The number of hydrogen-bond donors (Lipinski definition) is 1. The number of ether oxygens (including phenoxy) is 1. The quantitative estimate of drug-likeness (QED) is 0.174. The number of halogens is 1. The summed E-state index contributed by atoms with van der Waals surface area (Å²) in [6.07, 6.45) is 4.07. The lowest BCUT2D eigenvalue weighted by Gasteiger charge is -2.34. The van der Waals surface area contributed by atoms with Crippen LogP contribution in [0.2, 0.25) is 5.02 Å². The van der Waals surface area contributed by atoms with Gasteiger partial charge in [-0.2, -0.15) is 0 Å². The van der Waals surface area contributed by atoms with Crippen molar-refractivity contribution in [3.63, 3.8) is 0 Å². The standard InChI is InChI=1S/C37H40ClN3O5S/c1-27-18-20-34(21-19-27)47(44,45)41(32-16-9-13-30(38)24-32)26-36(42)40(25-29-12-8-17-33(22-29)46-2)35(23-28-10-4-3-5-11-28)37(43)39-31-14-6-7-15-31/h3-5,8-13,16-22,24,31,35H,6-7,14-15,23,25-26H2,1-2H3,(H,39,43). The van der Waals surface area contributed by atoms with Crippen molar-refractivity contribution in [1.29, 1.82) is 0 Å². The number of carbonyl (C=O) groups is 2. The van der Waals surface area contributed by atoms with Crippen molar-refractivity contribution >= 4 is 39.1 Å². The molecular formula is C37H40ClN3O5S. The summed E-state index contributed by atoms with van der Waals surface area (Å²) in [5.41, 5.74) is 2.75. The van der Waals surface area contributed by atoms with Crippen LogP contribution in [-0.2, 0) is 32.6 Å². The number of sulfonamides is 1. The summed E-state index contributed by atoms with van der Waals surface area (Å²) in [7, 11) is -2.65. The van der Waals surface area contributed by atoms with Gasteiger partial charge in [-0.3, -0.25) is 13.9 Å². The van der Waals surface area contributed by atoms with Gasteiger partial charge in [0.05, 0.1) is 17.7 Å². The smallest absolute Gasteiger partial charge is 0.264 e. The van der Waals surface area contributed by atoms with E-state index in [2.05, 4.69) is 5.32 Å². The lowest BCUT2D eigenvalue weighted by atomic mass is 10.0. The van der Waals surface area contributed by atoms with Gasteiger partial charge >= 0.3 is 0 Å². The molecule has 1 fully saturated rings. The predicted molar refractivity (Wildman–Crippen MR) is 185 cm³/mol. The topological polar surface area (TPSA) is 96.0 Å². The molecule has 1 aliphatic rings. The minimum atomic E-state index is -4.22. The fourth-order valence-electron chi connectivity index (χ4n) is 5.89. The van der Waals surface area contributed by atoms with Crippen LogP contribution in [0.25, 0.3) is 0 Å². The normalized spacial score (nSPS) is 13.9. The zero-order chi connectivity index (χ0) is 33.4. The van der Waals surface area contributed by atoms with Crippen molar-refractivity contribution in [2.75, 3.05) is 18.0 Å². The van der Waals surface area contributed by atoms with Gasteiger partial charge in [0.2, 0.25) is 11.8 Å². The number of benzene rings is 4. The molecule has 0 radical (unpaired) electrons. The zero-order valence-electron chi connectivity index (χ0n) is 26.6. The number of aryl methyl sites for hydroxylation is 1. The Morgan fingerprint density at radius 3 is 2.26 bits per heavy atom. The van der Waals surface area contributed by atoms with E-state index < -0.39 is 28.5 Å². The van der Waals surface area contributed by atoms with Crippen molar-refractivity contribution in [3.05, 3.63) is 125 Å². The maximum absolute atomic E-state index is 14.7. The van der Waals surface area contributed by atoms with Gasteiger partial charge in [0, 0.05) is 24.0 Å². The molecule has 1 aliphatic carbocycles. The van der Waals surface area contributed by atoms with Gasteiger partial charge in [-0.05, 0) is 73.4 Å². The molecule has 0 bridgehead atoms. The number of carbonyl (C=O) groups excluding carboxylic acids is 2. The first-order valence-electron chi connectivity index (χ1n) is 15.8. The maximum atomic E-state index is 14.7. The molecule has 0 saturated heterocycles. The molecule has 2 amide bonds. The number of amides is 2. The summed E-state index contributed by atoms with van der Waals surface area (Å²) < 4.78 is 34.9. The van der Waals surface area contributed by atoms with E-state index in [0.29, 0.717) is 10.8 Å². The summed E-state index contributed by atoms with van der Waals surface area (Å²) in [5.74, 6) is -0.203. The molecule has 0 aliphatic heterocycles. The Balaban J connectivity index is 1.57. The highest BCUT2D eigenvalue weighted by molar-refractivity contribution is 7.92. The molecule has 47 heavy (non-hydrogen) atoms. The SMILES string of the molecule is COc1cccc(CN(C(=O)CN(c2cccc(Cl)c2)S(=O)(=O)c2ccc(C)cc2)C(Cc2ccccc2)C(=O)NC2CCCC2)c1. The van der Waals surface area contributed by atoms with Gasteiger partial charge in [0.25, 0.3) is 10.0 Å². The van der Waals surface area contributed by atoms with E-state index in [4.69, 9.17) is 16.3 Å². The van der Waals surface area contributed by atoms with E-state index in [1.807, 2.05) is 55.5 Å². The van der Waals surface area contributed by atoms with Crippen LogP contribution in [0.15, 0.2) is 108 Å². The second-order valence-electron chi connectivity index (χ2n) is 11.9. The minimum Gasteiger partial charge on any atom is -0.497 e. The lowest BCUT2D eigenvalue weighted by Crippen LogP contribution is -2.54. The van der Waals surface area contributed by atoms with Gasteiger partial charge in [-0.25, -0.2) is 8.42 Å². The molecule has 1 N–H and O–H groups in total. The van der Waals surface area contributed by atoms with Crippen LogP contribution in [0.4, 0.5) is 5.69 Å². The second-order valence-corrected chi connectivity index (χ2v) is 14.2. The Labute approximate surface area is 282 Å². The van der Waals surface area contributed by atoms with E-state index in [-0.39, 0.29) is 35.5 Å². The van der Waals surface area contributed by atoms with E-state index in [1.165, 1.54) is 23.1 Å². The minimum absolute atomic E-state index is 0.0272. The molecule has 5 rings (SSSR count). The van der Waals surface area contributed by atoms with Crippen LogP contribution in [0.3, 0.4) is 0 Å². The highest BCUT2D eigenvalue weighted by atomic mass is 35.5. The summed E-state index contributed by atoms with van der Waals surface area (Å²) in [6.45, 7) is 1.37. The molecule has 0 aromatic heterocycles. The van der Waals surface area contributed by atoms with Gasteiger partial charge in [-0.15, -0.1) is 0 Å². The van der Waals surface area contributed by atoms with E-state index in [0.717, 1.165) is 46.7 Å². The van der Waals surface area contributed by atoms with E-state index in [1.54, 1.807) is 43.5 Å². The van der Waals surface area contributed by atoms with Crippen LogP contribution in [0.5, 0.6) is 5.75 Å². The van der Waals surface area contributed by atoms with E-state index in [9.17, 15) is 18.0 Å². The number of rotatable bonds is 13. The molecule has 0 heterocycles. The van der Waals surface area contributed by atoms with Crippen LogP contribution in [0, 0.1) is 6.92 Å². The van der Waals surface area contributed by atoms with Crippen LogP contribution in [-0.4, -0.2) is 50.9 Å². The molecule has 4 aromatic rings. The average molecular weight is 674 g/mol. The largest absolute Gasteiger partial charge is 0.497 e. The molecule has 0 spiro atoms. The number of methoxy groups -OCH3 is 1. The molecular weight excluding hydrogens is 634 g/mol. The first-order chi connectivity index (χ1) is 22.6. The first-order valence-corrected chi connectivity index (χ1v) is 17.6. The van der Waals surface area contributed by atoms with Crippen LogP contribution < -0.4 is 14.4 Å². The van der Waals surface area contributed by atoms with Crippen molar-refractivity contribution in [2.45, 2.75) is 62.6 Å². The van der Waals surface area contributed by atoms with Crippen molar-refractivity contribution in [1.82, 2.24) is 10.2 Å². The van der Waals surface area contributed by atoms with Crippen molar-refractivity contribution in [3.8, 4) is 5.75 Å². The van der Waals surface area contributed by atoms with Gasteiger partial charge in [-0.1, -0.05) is 90.7 Å². The first kappa shape index (κ1) is 34.0. The monoisotopic (exact) mass is 673 g/mol. The number of anilines is 1. The molecule has 4 aromatic carbocycles. The molecule has 1 atom stereocenters. The van der Waals surface area contributed by atoms with Crippen molar-refractivity contribution in [2.24, 2.45) is 0 Å². The highest BCUT2D eigenvalue weighted by Crippen LogP contribution is 2.28. The third-order valence-electron chi connectivity index (χ3n) is 8.44.